The molecule has 0 atom stereocenters. The Hall–Kier alpha value is -2.18. The van der Waals surface area contributed by atoms with Crippen LogP contribution in [0.15, 0.2) is 34.9 Å². The highest BCUT2D eigenvalue weighted by Gasteiger charge is 2.44. The summed E-state index contributed by atoms with van der Waals surface area (Å²) in [6.45, 7) is 7.35. The Morgan fingerprint density at radius 2 is 1.96 bits per heavy atom. The van der Waals surface area contributed by atoms with Crippen molar-refractivity contribution in [2.45, 2.75) is 19.8 Å². The molecule has 1 aliphatic carbocycles. The van der Waals surface area contributed by atoms with E-state index in [1.165, 1.54) is 5.56 Å². The fourth-order valence-corrected chi connectivity index (χ4v) is 3.40. The molecular weight excluding hydrogens is 330 g/mol. The molecule has 26 heavy (non-hydrogen) atoms. The topological polar surface area (TPSA) is 67.6 Å². The molecular formula is C20H25N3O3. The van der Waals surface area contributed by atoms with Crippen LogP contribution in [-0.4, -0.2) is 55.4 Å². The van der Waals surface area contributed by atoms with Gasteiger partial charge in [-0.1, -0.05) is 35.0 Å². The second-order valence-electron chi connectivity index (χ2n) is 7.51. The van der Waals surface area contributed by atoms with Crippen molar-refractivity contribution in [2.24, 2.45) is 5.41 Å². The normalized spacial score (nSPS) is 19.3. The van der Waals surface area contributed by atoms with Crippen molar-refractivity contribution in [1.29, 1.82) is 0 Å². The van der Waals surface area contributed by atoms with E-state index in [4.69, 9.17) is 9.26 Å². The Morgan fingerprint density at radius 3 is 2.65 bits per heavy atom. The molecule has 4 rings (SSSR count). The maximum absolute atomic E-state index is 12.4. The highest BCUT2D eigenvalue weighted by Crippen LogP contribution is 2.45. The molecule has 1 aromatic heterocycles. The summed E-state index contributed by atoms with van der Waals surface area (Å²) in [7, 11) is 0. The standard InChI is InChI=1S/C20H25N3O3/c1-15-2-4-16(5-3-15)18-12-17(22-26-18)19(24)21-13-20(6-7-20)14-23-8-10-25-11-9-23/h2-5,12H,6-11,13-14H2,1H3,(H,21,24). The van der Waals surface area contributed by atoms with E-state index in [1.54, 1.807) is 6.07 Å². The molecule has 2 heterocycles. The molecule has 1 saturated heterocycles. The molecule has 2 aromatic rings. The number of nitrogens with one attached hydrogen (secondary N) is 1. The van der Waals surface area contributed by atoms with Crippen molar-refractivity contribution < 1.29 is 14.1 Å². The molecule has 1 aromatic carbocycles. The highest BCUT2D eigenvalue weighted by molar-refractivity contribution is 5.93. The Morgan fingerprint density at radius 1 is 1.23 bits per heavy atom. The van der Waals surface area contributed by atoms with Gasteiger partial charge >= 0.3 is 0 Å². The zero-order valence-corrected chi connectivity index (χ0v) is 15.2. The van der Waals surface area contributed by atoms with Gasteiger partial charge in [-0.15, -0.1) is 0 Å². The van der Waals surface area contributed by atoms with Crippen LogP contribution in [0.4, 0.5) is 0 Å². The van der Waals surface area contributed by atoms with Crippen molar-refractivity contribution in [3.8, 4) is 11.3 Å². The lowest BCUT2D eigenvalue weighted by molar-refractivity contribution is 0.0283. The summed E-state index contributed by atoms with van der Waals surface area (Å²) in [5.74, 6) is 0.449. The molecule has 2 fully saturated rings. The van der Waals surface area contributed by atoms with Crippen molar-refractivity contribution in [1.82, 2.24) is 15.4 Å². The summed E-state index contributed by atoms with van der Waals surface area (Å²) in [5.41, 5.74) is 2.66. The SMILES string of the molecule is Cc1ccc(-c2cc(C(=O)NCC3(CN4CCOCC4)CC3)no2)cc1. The first-order valence-electron chi connectivity index (χ1n) is 9.26. The third-order valence-electron chi connectivity index (χ3n) is 5.32. The number of benzene rings is 1. The summed E-state index contributed by atoms with van der Waals surface area (Å²) >= 11 is 0. The van der Waals surface area contributed by atoms with E-state index in [-0.39, 0.29) is 11.3 Å². The second kappa shape index (κ2) is 7.21. The van der Waals surface area contributed by atoms with Gasteiger partial charge in [-0.25, -0.2) is 0 Å². The van der Waals surface area contributed by atoms with E-state index in [0.29, 0.717) is 18.0 Å². The summed E-state index contributed by atoms with van der Waals surface area (Å²) < 4.78 is 10.8. The second-order valence-corrected chi connectivity index (χ2v) is 7.51. The van der Waals surface area contributed by atoms with Gasteiger partial charge in [0.25, 0.3) is 5.91 Å². The van der Waals surface area contributed by atoms with E-state index in [2.05, 4.69) is 15.4 Å². The predicted octanol–water partition coefficient (Wildman–Crippen LogP) is 2.49. The van der Waals surface area contributed by atoms with Crippen molar-refractivity contribution >= 4 is 5.91 Å². The van der Waals surface area contributed by atoms with Gasteiger partial charge in [0.15, 0.2) is 11.5 Å². The van der Waals surface area contributed by atoms with Gasteiger partial charge in [0, 0.05) is 43.2 Å². The molecule has 6 heteroatoms. The van der Waals surface area contributed by atoms with Crippen molar-refractivity contribution in [3.63, 3.8) is 0 Å². The van der Waals surface area contributed by atoms with Crippen LogP contribution in [0, 0.1) is 12.3 Å². The smallest absolute Gasteiger partial charge is 0.273 e. The van der Waals surface area contributed by atoms with Gasteiger partial charge < -0.3 is 14.6 Å². The average molecular weight is 355 g/mol. The largest absolute Gasteiger partial charge is 0.379 e. The Bertz CT molecular complexity index is 759. The number of carbonyl (C=O) groups is 1. The van der Waals surface area contributed by atoms with E-state index < -0.39 is 0 Å². The Kier molecular flexibility index (Phi) is 4.78. The molecule has 1 N–H and O–H groups in total. The fraction of sp³-hybridized carbons (Fsp3) is 0.500. The monoisotopic (exact) mass is 355 g/mol. The molecule has 1 saturated carbocycles. The summed E-state index contributed by atoms with van der Waals surface area (Å²) in [6, 6.07) is 9.68. The number of hydrogen-bond donors (Lipinski definition) is 1. The number of aromatic nitrogens is 1. The first-order valence-corrected chi connectivity index (χ1v) is 9.26. The number of rotatable bonds is 6. The summed E-state index contributed by atoms with van der Waals surface area (Å²) in [5, 5.41) is 6.98. The van der Waals surface area contributed by atoms with E-state index in [0.717, 1.165) is 51.3 Å². The number of hydrogen-bond acceptors (Lipinski definition) is 5. The molecule has 1 aliphatic heterocycles. The van der Waals surface area contributed by atoms with Crippen LogP contribution in [0.5, 0.6) is 0 Å². The highest BCUT2D eigenvalue weighted by atomic mass is 16.5. The summed E-state index contributed by atoms with van der Waals surface area (Å²) in [6.07, 6.45) is 2.33. The van der Waals surface area contributed by atoms with Gasteiger partial charge in [0.1, 0.15) is 0 Å². The first kappa shape index (κ1) is 17.2. The molecule has 0 bridgehead atoms. The van der Waals surface area contributed by atoms with Crippen molar-refractivity contribution in [2.75, 3.05) is 39.4 Å². The van der Waals surface area contributed by atoms with Crippen molar-refractivity contribution in [3.05, 3.63) is 41.6 Å². The Labute approximate surface area is 153 Å². The van der Waals surface area contributed by atoms with Crippen LogP contribution in [0.3, 0.4) is 0 Å². The zero-order chi connectivity index (χ0) is 18.0. The quantitative estimate of drug-likeness (QED) is 0.862. The number of aryl methyl sites for hydroxylation is 1. The number of carbonyl (C=O) groups excluding carboxylic acids is 1. The molecule has 1 amide bonds. The molecule has 0 unspecified atom stereocenters. The third kappa shape index (κ3) is 3.97. The molecule has 138 valence electrons. The number of nitrogens with zero attached hydrogens (tertiary/aromatic N) is 2. The maximum atomic E-state index is 12.4. The van der Waals surface area contributed by atoms with Gasteiger partial charge in [-0.2, -0.15) is 0 Å². The van der Waals surface area contributed by atoms with Gasteiger partial charge in [-0.3, -0.25) is 9.69 Å². The molecule has 6 nitrogen and oxygen atoms in total. The van der Waals surface area contributed by atoms with Crippen LogP contribution < -0.4 is 5.32 Å². The zero-order valence-electron chi connectivity index (χ0n) is 15.2. The third-order valence-corrected chi connectivity index (χ3v) is 5.32. The first-order chi connectivity index (χ1) is 12.6. The van der Waals surface area contributed by atoms with E-state index in [9.17, 15) is 4.79 Å². The summed E-state index contributed by atoms with van der Waals surface area (Å²) in [4.78, 5) is 14.9. The van der Waals surface area contributed by atoms with Crippen LogP contribution in [0.25, 0.3) is 11.3 Å². The molecule has 0 radical (unpaired) electrons. The van der Waals surface area contributed by atoms with E-state index in [1.807, 2.05) is 31.2 Å². The maximum Gasteiger partial charge on any atom is 0.273 e. The van der Waals surface area contributed by atoms with E-state index >= 15 is 0 Å². The molecule has 0 spiro atoms. The lowest BCUT2D eigenvalue weighted by Gasteiger charge is -2.30. The lowest BCUT2D eigenvalue weighted by Crippen LogP contribution is -2.43. The minimum Gasteiger partial charge on any atom is -0.379 e. The van der Waals surface area contributed by atoms with Crippen LogP contribution >= 0.6 is 0 Å². The van der Waals surface area contributed by atoms with Crippen LogP contribution in [0.1, 0.15) is 28.9 Å². The minimum absolute atomic E-state index is 0.166. The van der Waals surface area contributed by atoms with Gasteiger partial charge in [-0.05, 0) is 19.8 Å². The minimum atomic E-state index is -0.166. The number of morpholine rings is 1. The molecule has 2 aliphatic rings. The lowest BCUT2D eigenvalue weighted by atomic mass is 10.1. The number of amides is 1. The van der Waals surface area contributed by atoms with Gasteiger partial charge in [0.2, 0.25) is 0 Å². The Balaban J connectivity index is 1.33. The van der Waals surface area contributed by atoms with Crippen LogP contribution in [-0.2, 0) is 4.74 Å². The van der Waals surface area contributed by atoms with Crippen LogP contribution in [0.2, 0.25) is 0 Å². The fourth-order valence-electron chi connectivity index (χ4n) is 3.40. The average Bonchev–Trinajstić information content (AvgIpc) is 3.24. The predicted molar refractivity (Wildman–Crippen MR) is 97.9 cm³/mol. The van der Waals surface area contributed by atoms with Gasteiger partial charge in [0.05, 0.1) is 13.2 Å². The number of ether oxygens (including phenoxy) is 1.